The molecule has 0 atom stereocenters. The number of rotatable bonds is 3. The Morgan fingerprint density at radius 3 is 2.00 bits per heavy atom. The first-order valence-electron chi connectivity index (χ1n) is 6.08. The van der Waals surface area contributed by atoms with Crippen molar-refractivity contribution in [1.82, 2.24) is 0 Å². The molecule has 1 nitrogen and oxygen atoms in total. The molecule has 1 heterocycles. The zero-order valence-corrected chi connectivity index (χ0v) is 12.2. The third-order valence-corrected chi connectivity index (χ3v) is 4.80. The van der Waals surface area contributed by atoms with Gasteiger partial charge in [0.05, 0.1) is 5.60 Å². The normalized spacial score (nSPS) is 13.2. The molecule has 0 aromatic carbocycles. The fourth-order valence-corrected chi connectivity index (χ4v) is 3.12. The van der Waals surface area contributed by atoms with Gasteiger partial charge in [0, 0.05) is 9.75 Å². The molecule has 0 aliphatic heterocycles. The molecule has 1 N–H and O–H groups in total. The highest BCUT2D eigenvalue weighted by Gasteiger charge is 2.30. The van der Waals surface area contributed by atoms with Crippen LogP contribution in [0.2, 0.25) is 0 Å². The zero-order valence-electron chi connectivity index (χ0n) is 11.3. The average Bonchev–Trinajstić information content (AvgIpc) is 2.59. The molecule has 0 aliphatic carbocycles. The van der Waals surface area contributed by atoms with E-state index in [1.807, 2.05) is 11.3 Å². The molecule has 92 valence electrons. The molecular weight excluding hydrogens is 216 g/mol. The standard InChI is InChI=1S/C14H24OS/c1-7-14(15,8-2)11-9-12(13(4,5)6)16-10(11)3/h9,15H,7-8H2,1-6H3. The summed E-state index contributed by atoms with van der Waals surface area (Å²) in [5, 5.41) is 10.6. The minimum Gasteiger partial charge on any atom is -0.385 e. The molecule has 0 saturated heterocycles. The Kier molecular flexibility index (Phi) is 3.86. The summed E-state index contributed by atoms with van der Waals surface area (Å²) in [6.45, 7) is 12.9. The molecule has 0 fully saturated rings. The lowest BCUT2D eigenvalue weighted by Gasteiger charge is -2.25. The molecule has 1 aromatic heterocycles. The largest absolute Gasteiger partial charge is 0.385 e. The molecule has 0 aliphatic rings. The van der Waals surface area contributed by atoms with Crippen LogP contribution in [0, 0.1) is 6.92 Å². The van der Waals surface area contributed by atoms with Gasteiger partial charge in [-0.2, -0.15) is 0 Å². The fraction of sp³-hybridized carbons (Fsp3) is 0.714. The summed E-state index contributed by atoms with van der Waals surface area (Å²) >= 11 is 1.82. The van der Waals surface area contributed by atoms with Gasteiger partial charge in [-0.3, -0.25) is 0 Å². The molecule has 0 radical (unpaired) electrons. The smallest absolute Gasteiger partial charge is 0.0902 e. The second-order valence-electron chi connectivity index (χ2n) is 5.57. The Morgan fingerprint density at radius 2 is 1.69 bits per heavy atom. The summed E-state index contributed by atoms with van der Waals surface area (Å²) in [5.41, 5.74) is 0.674. The number of thiophene rings is 1. The quantitative estimate of drug-likeness (QED) is 0.832. The summed E-state index contributed by atoms with van der Waals surface area (Å²) in [5.74, 6) is 0. The second-order valence-corrected chi connectivity index (χ2v) is 6.83. The first kappa shape index (κ1) is 13.7. The van der Waals surface area contributed by atoms with Crippen molar-refractivity contribution in [2.24, 2.45) is 0 Å². The number of aryl methyl sites for hydroxylation is 1. The Morgan fingerprint density at radius 1 is 1.19 bits per heavy atom. The average molecular weight is 240 g/mol. The van der Waals surface area contributed by atoms with Crippen LogP contribution in [0.4, 0.5) is 0 Å². The molecule has 1 rings (SSSR count). The van der Waals surface area contributed by atoms with Gasteiger partial charge in [-0.1, -0.05) is 34.6 Å². The minimum absolute atomic E-state index is 0.177. The summed E-state index contributed by atoms with van der Waals surface area (Å²) in [6, 6.07) is 2.20. The Balaban J connectivity index is 3.21. The van der Waals surface area contributed by atoms with Crippen LogP contribution in [0.15, 0.2) is 6.07 Å². The highest BCUT2D eigenvalue weighted by atomic mass is 32.1. The summed E-state index contributed by atoms with van der Waals surface area (Å²) in [6.07, 6.45) is 1.56. The van der Waals surface area contributed by atoms with Gasteiger partial charge in [-0.05, 0) is 36.8 Å². The van der Waals surface area contributed by atoms with E-state index >= 15 is 0 Å². The van der Waals surface area contributed by atoms with Crippen molar-refractivity contribution in [3.8, 4) is 0 Å². The molecule has 0 amide bonds. The Bertz CT molecular complexity index is 353. The molecule has 2 heteroatoms. The monoisotopic (exact) mass is 240 g/mol. The summed E-state index contributed by atoms with van der Waals surface area (Å²) in [7, 11) is 0. The predicted octanol–water partition coefficient (Wildman–Crippen LogP) is 4.36. The maximum atomic E-state index is 10.6. The maximum absolute atomic E-state index is 10.6. The van der Waals surface area contributed by atoms with Gasteiger partial charge in [-0.25, -0.2) is 0 Å². The van der Waals surface area contributed by atoms with Crippen molar-refractivity contribution >= 4 is 11.3 Å². The molecular formula is C14H24OS. The highest BCUT2D eigenvalue weighted by Crippen LogP contribution is 2.39. The SMILES string of the molecule is CCC(O)(CC)c1cc(C(C)(C)C)sc1C. The van der Waals surface area contributed by atoms with Gasteiger partial charge in [0.2, 0.25) is 0 Å². The van der Waals surface area contributed by atoms with E-state index in [4.69, 9.17) is 0 Å². The molecule has 0 spiro atoms. The van der Waals surface area contributed by atoms with Gasteiger partial charge in [-0.15, -0.1) is 11.3 Å². The van der Waals surface area contributed by atoms with E-state index in [1.165, 1.54) is 9.75 Å². The van der Waals surface area contributed by atoms with Crippen LogP contribution in [0.1, 0.15) is 62.8 Å². The van der Waals surface area contributed by atoms with E-state index in [0.29, 0.717) is 0 Å². The summed E-state index contributed by atoms with van der Waals surface area (Å²) in [4.78, 5) is 2.62. The minimum atomic E-state index is -0.635. The van der Waals surface area contributed by atoms with Crippen molar-refractivity contribution in [2.75, 3.05) is 0 Å². The number of aliphatic hydroxyl groups is 1. The van der Waals surface area contributed by atoms with E-state index in [1.54, 1.807) is 0 Å². The van der Waals surface area contributed by atoms with E-state index in [2.05, 4.69) is 47.6 Å². The van der Waals surface area contributed by atoms with E-state index < -0.39 is 5.60 Å². The third-order valence-electron chi connectivity index (χ3n) is 3.33. The van der Waals surface area contributed by atoms with Crippen molar-refractivity contribution < 1.29 is 5.11 Å². The van der Waals surface area contributed by atoms with E-state index in [0.717, 1.165) is 18.4 Å². The fourth-order valence-electron chi connectivity index (χ4n) is 1.94. The van der Waals surface area contributed by atoms with Crippen LogP contribution in [-0.4, -0.2) is 5.11 Å². The Labute approximate surface area is 104 Å². The van der Waals surface area contributed by atoms with Crippen LogP contribution < -0.4 is 0 Å². The number of hydrogen-bond donors (Lipinski definition) is 1. The van der Waals surface area contributed by atoms with Gasteiger partial charge in [0.25, 0.3) is 0 Å². The molecule has 0 bridgehead atoms. The Hall–Kier alpha value is -0.340. The van der Waals surface area contributed by atoms with E-state index in [9.17, 15) is 5.11 Å². The van der Waals surface area contributed by atoms with Crippen molar-refractivity contribution in [3.63, 3.8) is 0 Å². The van der Waals surface area contributed by atoms with Crippen LogP contribution in [-0.2, 0) is 11.0 Å². The van der Waals surface area contributed by atoms with Crippen LogP contribution in [0.25, 0.3) is 0 Å². The van der Waals surface area contributed by atoms with E-state index in [-0.39, 0.29) is 5.41 Å². The maximum Gasteiger partial charge on any atom is 0.0902 e. The number of hydrogen-bond acceptors (Lipinski definition) is 2. The third kappa shape index (κ3) is 2.49. The highest BCUT2D eigenvalue weighted by molar-refractivity contribution is 7.12. The lowest BCUT2D eigenvalue weighted by molar-refractivity contribution is 0.0282. The predicted molar refractivity (Wildman–Crippen MR) is 72.2 cm³/mol. The van der Waals surface area contributed by atoms with Crippen molar-refractivity contribution in [2.45, 2.75) is 65.4 Å². The first-order chi connectivity index (χ1) is 7.24. The van der Waals surface area contributed by atoms with Crippen LogP contribution in [0.3, 0.4) is 0 Å². The van der Waals surface area contributed by atoms with Gasteiger partial charge < -0.3 is 5.11 Å². The second kappa shape index (κ2) is 4.50. The lowest BCUT2D eigenvalue weighted by Crippen LogP contribution is -2.23. The molecule has 0 unspecified atom stereocenters. The zero-order chi connectivity index (χ0) is 12.6. The molecule has 16 heavy (non-hydrogen) atoms. The van der Waals surface area contributed by atoms with Gasteiger partial charge in [0.15, 0.2) is 0 Å². The molecule has 1 aromatic rings. The topological polar surface area (TPSA) is 20.2 Å². The van der Waals surface area contributed by atoms with Crippen LogP contribution in [0.5, 0.6) is 0 Å². The van der Waals surface area contributed by atoms with Gasteiger partial charge in [0.1, 0.15) is 0 Å². The van der Waals surface area contributed by atoms with Crippen molar-refractivity contribution in [3.05, 3.63) is 21.4 Å². The van der Waals surface area contributed by atoms with Crippen molar-refractivity contribution in [1.29, 1.82) is 0 Å². The molecule has 0 saturated carbocycles. The van der Waals surface area contributed by atoms with Crippen LogP contribution >= 0.6 is 11.3 Å². The summed E-state index contributed by atoms with van der Waals surface area (Å²) < 4.78 is 0. The first-order valence-corrected chi connectivity index (χ1v) is 6.90. The van der Waals surface area contributed by atoms with Gasteiger partial charge >= 0.3 is 0 Å². The lowest BCUT2D eigenvalue weighted by atomic mass is 9.86.